The predicted molar refractivity (Wildman–Crippen MR) is 151 cm³/mol. The first-order chi connectivity index (χ1) is 19.5. The molecule has 3 aromatic rings. The number of halogens is 1. The van der Waals surface area contributed by atoms with Gasteiger partial charge in [-0.15, -0.1) is 5.06 Å². The number of imide groups is 1. The van der Waals surface area contributed by atoms with Crippen molar-refractivity contribution < 1.29 is 24.0 Å². The zero-order chi connectivity index (χ0) is 27.8. The van der Waals surface area contributed by atoms with Gasteiger partial charge in [0.1, 0.15) is 11.4 Å². The van der Waals surface area contributed by atoms with Crippen LogP contribution in [0.5, 0.6) is 0 Å². The molecule has 0 bridgehead atoms. The van der Waals surface area contributed by atoms with Gasteiger partial charge in [-0.2, -0.15) is 0 Å². The van der Waals surface area contributed by atoms with Crippen LogP contribution < -0.4 is 10.2 Å². The molecule has 1 atom stereocenters. The number of ether oxygens (including phenoxy) is 1. The van der Waals surface area contributed by atoms with Crippen LogP contribution in [0.25, 0.3) is 0 Å². The summed E-state index contributed by atoms with van der Waals surface area (Å²) in [5.74, 6) is -1.20. The second-order valence-electron chi connectivity index (χ2n) is 8.98. The molecule has 0 spiro atoms. The molecule has 0 saturated heterocycles. The molecule has 1 unspecified atom stereocenters. The average molecular weight is 575 g/mol. The maximum atomic E-state index is 13.4. The van der Waals surface area contributed by atoms with Gasteiger partial charge in [0.2, 0.25) is 0 Å². The summed E-state index contributed by atoms with van der Waals surface area (Å²) in [6.45, 7) is 2.07. The average Bonchev–Trinajstić information content (AvgIpc) is 3.44. The zero-order valence-electron chi connectivity index (χ0n) is 21.3. The van der Waals surface area contributed by atoms with Crippen LogP contribution in [0.4, 0.5) is 5.69 Å². The number of amidine groups is 1. The van der Waals surface area contributed by atoms with Crippen molar-refractivity contribution in [2.45, 2.75) is 17.9 Å². The topological polar surface area (TPSA) is 101 Å². The van der Waals surface area contributed by atoms with E-state index in [1.807, 2.05) is 53.4 Å². The van der Waals surface area contributed by atoms with Crippen LogP contribution >= 0.6 is 23.4 Å². The highest BCUT2D eigenvalue weighted by atomic mass is 35.5. The lowest BCUT2D eigenvalue weighted by molar-refractivity contribution is -0.139. The molecular weight excluding hydrogens is 552 g/mol. The molecule has 11 heteroatoms. The summed E-state index contributed by atoms with van der Waals surface area (Å²) in [4.78, 5) is 52.0. The predicted octanol–water partition coefficient (Wildman–Crippen LogP) is 4.96. The van der Waals surface area contributed by atoms with E-state index in [0.29, 0.717) is 32.7 Å². The van der Waals surface area contributed by atoms with E-state index in [0.717, 1.165) is 21.2 Å². The van der Waals surface area contributed by atoms with E-state index in [1.165, 1.54) is 11.8 Å². The SMILES string of the molecule is CCOC(=O)C1=C(NCCON2C(=O)c3ccccc3C2=O)N=C2Sc3cc(Cl)ccc3N2C1c1ccccc1. The van der Waals surface area contributed by atoms with Gasteiger partial charge in [-0.05, 0) is 54.6 Å². The number of esters is 1. The number of hydroxylamine groups is 2. The molecule has 0 fully saturated rings. The van der Waals surface area contributed by atoms with Gasteiger partial charge < -0.3 is 15.0 Å². The van der Waals surface area contributed by atoms with E-state index in [9.17, 15) is 14.4 Å². The van der Waals surface area contributed by atoms with Crippen molar-refractivity contribution in [3.8, 4) is 0 Å². The quantitative estimate of drug-likeness (QED) is 0.229. The Labute approximate surface area is 239 Å². The molecule has 3 heterocycles. The first kappa shape index (κ1) is 26.1. The first-order valence-electron chi connectivity index (χ1n) is 12.6. The Hall–Kier alpha value is -4.12. The summed E-state index contributed by atoms with van der Waals surface area (Å²) in [5.41, 5.74) is 2.70. The number of carbonyl (C=O) groups is 3. The highest BCUT2D eigenvalue weighted by Crippen LogP contribution is 2.50. The van der Waals surface area contributed by atoms with E-state index >= 15 is 0 Å². The number of rotatable bonds is 8. The number of amides is 2. The highest BCUT2D eigenvalue weighted by molar-refractivity contribution is 8.14. The summed E-state index contributed by atoms with van der Waals surface area (Å²) in [7, 11) is 0. The number of thioether (sulfide) groups is 1. The fourth-order valence-corrected chi connectivity index (χ4v) is 6.18. The van der Waals surface area contributed by atoms with Gasteiger partial charge in [0, 0.05) is 16.5 Å². The summed E-state index contributed by atoms with van der Waals surface area (Å²) in [6.07, 6.45) is 0. The number of hydrogen-bond acceptors (Lipinski definition) is 9. The van der Waals surface area contributed by atoms with Crippen LogP contribution in [0, 0.1) is 0 Å². The molecule has 1 N–H and O–H groups in total. The van der Waals surface area contributed by atoms with E-state index in [-0.39, 0.29) is 19.8 Å². The number of fused-ring (bicyclic) bond motifs is 4. The molecule has 40 heavy (non-hydrogen) atoms. The lowest BCUT2D eigenvalue weighted by Gasteiger charge is -2.35. The van der Waals surface area contributed by atoms with Gasteiger partial charge in [-0.1, -0.05) is 54.1 Å². The Morgan fingerprint density at radius 1 is 1.02 bits per heavy atom. The third kappa shape index (κ3) is 4.53. The van der Waals surface area contributed by atoms with Gasteiger partial charge in [-0.3, -0.25) is 14.4 Å². The molecule has 0 aliphatic carbocycles. The zero-order valence-corrected chi connectivity index (χ0v) is 22.9. The first-order valence-corrected chi connectivity index (χ1v) is 13.8. The molecule has 9 nitrogen and oxygen atoms in total. The number of aliphatic imine (C=N–C) groups is 1. The second kappa shape index (κ2) is 10.8. The smallest absolute Gasteiger partial charge is 0.340 e. The minimum atomic E-state index is -0.526. The molecule has 6 rings (SSSR count). The summed E-state index contributed by atoms with van der Waals surface area (Å²) in [5, 5.41) is 5.22. The molecule has 202 valence electrons. The maximum Gasteiger partial charge on any atom is 0.340 e. The van der Waals surface area contributed by atoms with Gasteiger partial charge in [0.05, 0.1) is 36.1 Å². The van der Waals surface area contributed by atoms with Crippen LogP contribution in [0.3, 0.4) is 0 Å². The number of nitrogens with zero attached hydrogens (tertiary/aromatic N) is 3. The van der Waals surface area contributed by atoms with Gasteiger partial charge in [0.15, 0.2) is 5.17 Å². The third-order valence-corrected chi connectivity index (χ3v) is 7.82. The maximum absolute atomic E-state index is 13.4. The molecule has 2 amide bonds. The van der Waals surface area contributed by atoms with Crippen LogP contribution in [-0.4, -0.2) is 47.8 Å². The van der Waals surface area contributed by atoms with Crippen molar-refractivity contribution in [1.29, 1.82) is 0 Å². The lowest BCUT2D eigenvalue weighted by atomic mass is 9.95. The Morgan fingerprint density at radius 2 is 1.73 bits per heavy atom. The summed E-state index contributed by atoms with van der Waals surface area (Å²) >= 11 is 7.73. The lowest BCUT2D eigenvalue weighted by Crippen LogP contribution is -2.40. The second-order valence-corrected chi connectivity index (χ2v) is 10.4. The largest absolute Gasteiger partial charge is 0.462 e. The molecule has 3 aliphatic rings. The molecular formula is C29H23ClN4O5S. The standard InChI is InChI=1S/C29H23ClN4O5S/c1-2-38-28(37)23-24(17-8-4-3-5-9-17)33-21-13-12-18(30)16-22(21)40-29(33)32-25(23)31-14-15-39-34-26(35)19-10-6-7-11-20(19)27(34)36/h3-13,16,24,31H,2,14-15H2,1H3. The van der Waals surface area contributed by atoms with Gasteiger partial charge in [0.25, 0.3) is 11.8 Å². The number of benzene rings is 3. The van der Waals surface area contributed by atoms with Crippen LogP contribution in [0.15, 0.2) is 94.1 Å². The Kier molecular flexibility index (Phi) is 7.05. The summed E-state index contributed by atoms with van der Waals surface area (Å²) < 4.78 is 5.48. The Bertz CT molecular complexity index is 1560. The van der Waals surface area contributed by atoms with Crippen LogP contribution in [0.2, 0.25) is 5.02 Å². The molecule has 0 aromatic heterocycles. The van der Waals surface area contributed by atoms with Gasteiger partial charge in [-0.25, -0.2) is 9.79 Å². The van der Waals surface area contributed by atoms with E-state index < -0.39 is 23.8 Å². The van der Waals surface area contributed by atoms with Crippen molar-refractivity contribution in [1.82, 2.24) is 10.4 Å². The number of nitrogens with one attached hydrogen (secondary N) is 1. The fourth-order valence-electron chi connectivity index (χ4n) is 4.85. The number of anilines is 1. The Balaban J connectivity index is 1.30. The Morgan fingerprint density at radius 3 is 2.42 bits per heavy atom. The van der Waals surface area contributed by atoms with E-state index in [4.69, 9.17) is 26.2 Å². The van der Waals surface area contributed by atoms with Crippen LogP contribution in [-0.2, 0) is 14.4 Å². The molecule has 0 radical (unpaired) electrons. The van der Waals surface area contributed by atoms with Crippen molar-refractivity contribution in [2.24, 2.45) is 4.99 Å². The molecule has 3 aromatic carbocycles. The molecule has 3 aliphatic heterocycles. The van der Waals surface area contributed by atoms with Crippen LogP contribution in [0.1, 0.15) is 39.2 Å². The minimum Gasteiger partial charge on any atom is -0.462 e. The third-order valence-electron chi connectivity index (χ3n) is 6.57. The molecule has 0 saturated carbocycles. The van der Waals surface area contributed by atoms with Crippen molar-refractivity contribution >= 4 is 52.0 Å². The monoisotopic (exact) mass is 574 g/mol. The fraction of sp³-hybridized carbons (Fsp3) is 0.172. The van der Waals surface area contributed by atoms with Crippen molar-refractivity contribution in [2.75, 3.05) is 24.7 Å². The normalized spacial score (nSPS) is 17.4. The number of hydrogen-bond donors (Lipinski definition) is 1. The minimum absolute atomic E-state index is 0.0291. The van der Waals surface area contributed by atoms with E-state index in [2.05, 4.69) is 5.32 Å². The van der Waals surface area contributed by atoms with E-state index in [1.54, 1.807) is 31.2 Å². The number of carbonyl (C=O) groups excluding carboxylic acids is 3. The van der Waals surface area contributed by atoms with Crippen molar-refractivity contribution in [3.63, 3.8) is 0 Å². The van der Waals surface area contributed by atoms with Crippen molar-refractivity contribution in [3.05, 3.63) is 106 Å². The summed E-state index contributed by atoms with van der Waals surface area (Å²) in [6, 6.07) is 21.3. The highest BCUT2D eigenvalue weighted by Gasteiger charge is 2.43. The van der Waals surface area contributed by atoms with Gasteiger partial charge >= 0.3 is 5.97 Å².